The predicted octanol–water partition coefficient (Wildman–Crippen LogP) is 3.91. The van der Waals surface area contributed by atoms with E-state index in [2.05, 4.69) is 10.3 Å². The van der Waals surface area contributed by atoms with Crippen molar-refractivity contribution in [3.05, 3.63) is 78.0 Å². The van der Waals surface area contributed by atoms with Gasteiger partial charge in [0.2, 0.25) is 0 Å². The third kappa shape index (κ3) is 3.65. The van der Waals surface area contributed by atoms with Crippen LogP contribution in [0.15, 0.2) is 59.5 Å². The topological polar surface area (TPSA) is 60.1 Å². The molecule has 1 aliphatic rings. The molecular weight excluding hydrogens is 345 g/mol. The van der Waals surface area contributed by atoms with Gasteiger partial charge in [0.05, 0.1) is 12.9 Å². The van der Waals surface area contributed by atoms with E-state index in [1.165, 1.54) is 6.07 Å². The van der Waals surface area contributed by atoms with Crippen molar-refractivity contribution < 1.29 is 13.6 Å². The van der Waals surface area contributed by atoms with E-state index in [-0.39, 0.29) is 22.9 Å². The van der Waals surface area contributed by atoms with Crippen LogP contribution in [-0.2, 0) is 12.0 Å². The summed E-state index contributed by atoms with van der Waals surface area (Å²) in [6.45, 7) is 0.927. The number of imidazole rings is 1. The Balaban J connectivity index is 1.45. The van der Waals surface area contributed by atoms with E-state index < -0.39 is 0 Å². The second-order valence-electron chi connectivity index (χ2n) is 7.15. The molecule has 5 nitrogen and oxygen atoms in total. The van der Waals surface area contributed by atoms with Crippen LogP contribution in [-0.4, -0.2) is 22.0 Å². The molecule has 6 heteroatoms. The minimum atomic E-state index is -0.340. The largest absolute Gasteiger partial charge is 0.454 e. The predicted molar refractivity (Wildman–Crippen MR) is 98.9 cm³/mol. The minimum absolute atomic E-state index is 0.200. The Morgan fingerprint density at radius 1 is 1.22 bits per heavy atom. The molecule has 0 saturated heterocycles. The van der Waals surface area contributed by atoms with Crippen LogP contribution in [0.5, 0.6) is 0 Å². The molecule has 1 fully saturated rings. The van der Waals surface area contributed by atoms with E-state index in [4.69, 9.17) is 4.42 Å². The summed E-state index contributed by atoms with van der Waals surface area (Å²) < 4.78 is 21.9. The van der Waals surface area contributed by atoms with E-state index in [0.29, 0.717) is 24.4 Å². The Kier molecular flexibility index (Phi) is 4.79. The van der Waals surface area contributed by atoms with Crippen LogP contribution in [0.25, 0.3) is 0 Å². The highest BCUT2D eigenvalue weighted by Gasteiger charge is 2.38. The van der Waals surface area contributed by atoms with Crippen LogP contribution in [0.1, 0.15) is 47.6 Å². The van der Waals surface area contributed by atoms with Gasteiger partial charge in [-0.15, -0.1) is 0 Å². The van der Waals surface area contributed by atoms with Gasteiger partial charge in [-0.05, 0) is 36.6 Å². The molecule has 2 heterocycles. The second kappa shape index (κ2) is 7.39. The summed E-state index contributed by atoms with van der Waals surface area (Å²) in [5.41, 5.74) is 0.357. The molecule has 1 N–H and O–H groups in total. The summed E-state index contributed by atoms with van der Waals surface area (Å²) in [6.07, 6.45) is 9.05. The molecule has 1 amide bonds. The summed E-state index contributed by atoms with van der Waals surface area (Å²) in [4.78, 5) is 16.5. The molecule has 0 unspecified atom stereocenters. The molecule has 0 atom stereocenters. The zero-order valence-electron chi connectivity index (χ0n) is 15.0. The number of rotatable bonds is 6. The first-order valence-electron chi connectivity index (χ1n) is 9.24. The number of nitrogens with zero attached hydrogens (tertiary/aromatic N) is 2. The number of carbonyl (C=O) groups excluding carboxylic acids is 1. The lowest BCUT2D eigenvalue weighted by molar-refractivity contribution is 0.0913. The van der Waals surface area contributed by atoms with Crippen molar-refractivity contribution in [2.24, 2.45) is 0 Å². The molecule has 1 saturated carbocycles. The van der Waals surface area contributed by atoms with E-state index >= 15 is 0 Å². The van der Waals surface area contributed by atoms with E-state index in [0.717, 1.165) is 25.7 Å². The van der Waals surface area contributed by atoms with Gasteiger partial charge in [-0.1, -0.05) is 31.0 Å². The van der Waals surface area contributed by atoms with Gasteiger partial charge in [-0.25, -0.2) is 9.37 Å². The Bertz CT molecular complexity index is 911. The van der Waals surface area contributed by atoms with Crippen LogP contribution in [0, 0.1) is 5.82 Å². The van der Waals surface area contributed by atoms with Crippen molar-refractivity contribution in [2.45, 2.75) is 37.6 Å². The van der Waals surface area contributed by atoms with Gasteiger partial charge in [0.15, 0.2) is 5.76 Å². The van der Waals surface area contributed by atoms with Crippen LogP contribution in [0.2, 0.25) is 0 Å². The quantitative estimate of drug-likeness (QED) is 0.719. The summed E-state index contributed by atoms with van der Waals surface area (Å²) in [6, 6.07) is 10.3. The summed E-state index contributed by atoms with van der Waals surface area (Å²) in [5.74, 6) is 0.485. The highest BCUT2D eigenvalue weighted by molar-refractivity contribution is 5.91. The maximum Gasteiger partial charge on any atom is 0.287 e. The lowest BCUT2D eigenvalue weighted by Gasteiger charge is -2.30. The van der Waals surface area contributed by atoms with Crippen molar-refractivity contribution in [1.82, 2.24) is 14.9 Å². The molecule has 1 aromatic carbocycles. The fourth-order valence-electron chi connectivity index (χ4n) is 3.97. The molecule has 0 aliphatic heterocycles. The number of amides is 1. The number of furan rings is 1. The number of hydrogen-bond donors (Lipinski definition) is 1. The van der Waals surface area contributed by atoms with Gasteiger partial charge in [0.1, 0.15) is 11.6 Å². The standard InChI is InChI=1S/C21H22FN3O2/c22-18-6-2-1-5-17(18)21(9-3-4-10-21)14-24-20(26)19-8-7-16(27-19)13-25-12-11-23-15-25/h1-2,5-8,11-12,15H,3-4,9-10,13-14H2,(H,24,26). The van der Waals surface area contributed by atoms with Gasteiger partial charge < -0.3 is 14.3 Å². The number of halogens is 1. The summed E-state index contributed by atoms with van der Waals surface area (Å²) in [7, 11) is 0. The fraction of sp³-hybridized carbons (Fsp3) is 0.333. The lowest BCUT2D eigenvalue weighted by atomic mass is 9.78. The number of nitrogens with one attached hydrogen (secondary N) is 1. The molecule has 140 valence electrons. The zero-order chi connectivity index (χ0) is 18.7. The number of benzene rings is 1. The highest BCUT2D eigenvalue weighted by Crippen LogP contribution is 2.41. The second-order valence-corrected chi connectivity index (χ2v) is 7.15. The molecule has 3 aromatic rings. The Labute approximate surface area is 157 Å². The molecule has 1 aliphatic carbocycles. The van der Waals surface area contributed by atoms with Crippen molar-refractivity contribution >= 4 is 5.91 Å². The van der Waals surface area contributed by atoms with Gasteiger partial charge in [-0.3, -0.25) is 4.79 Å². The number of carbonyl (C=O) groups is 1. The van der Waals surface area contributed by atoms with Crippen LogP contribution < -0.4 is 5.32 Å². The van der Waals surface area contributed by atoms with Gasteiger partial charge in [0, 0.05) is 24.4 Å². The SMILES string of the molecule is O=C(NCC1(c2ccccc2F)CCCC1)c1ccc(Cn2ccnc2)o1. The average molecular weight is 367 g/mol. The maximum atomic E-state index is 14.4. The van der Waals surface area contributed by atoms with Crippen molar-refractivity contribution in [1.29, 1.82) is 0 Å². The molecule has 0 spiro atoms. The lowest BCUT2D eigenvalue weighted by Crippen LogP contribution is -2.39. The summed E-state index contributed by atoms with van der Waals surface area (Å²) >= 11 is 0. The average Bonchev–Trinajstić information content (AvgIpc) is 3.43. The van der Waals surface area contributed by atoms with Crippen LogP contribution in [0.3, 0.4) is 0 Å². The third-order valence-electron chi connectivity index (χ3n) is 5.38. The van der Waals surface area contributed by atoms with Crippen molar-refractivity contribution in [3.63, 3.8) is 0 Å². The molecule has 0 bridgehead atoms. The third-order valence-corrected chi connectivity index (χ3v) is 5.38. The van der Waals surface area contributed by atoms with Crippen LogP contribution in [0.4, 0.5) is 4.39 Å². The van der Waals surface area contributed by atoms with Gasteiger partial charge in [0.25, 0.3) is 5.91 Å². The molecule has 0 radical (unpaired) electrons. The monoisotopic (exact) mass is 367 g/mol. The first-order chi connectivity index (χ1) is 13.2. The van der Waals surface area contributed by atoms with E-state index in [1.54, 1.807) is 30.7 Å². The first kappa shape index (κ1) is 17.5. The smallest absolute Gasteiger partial charge is 0.287 e. The molecule has 2 aromatic heterocycles. The number of aromatic nitrogens is 2. The van der Waals surface area contributed by atoms with Crippen LogP contribution >= 0.6 is 0 Å². The molecule has 4 rings (SSSR count). The van der Waals surface area contributed by atoms with E-state index in [1.807, 2.05) is 22.9 Å². The Hall–Kier alpha value is -2.89. The van der Waals surface area contributed by atoms with E-state index in [9.17, 15) is 9.18 Å². The normalized spacial score (nSPS) is 15.7. The molecule has 27 heavy (non-hydrogen) atoms. The first-order valence-corrected chi connectivity index (χ1v) is 9.24. The zero-order valence-corrected chi connectivity index (χ0v) is 15.0. The molecular formula is C21H22FN3O2. The highest BCUT2D eigenvalue weighted by atomic mass is 19.1. The number of hydrogen-bond acceptors (Lipinski definition) is 3. The maximum absolute atomic E-state index is 14.4. The van der Waals surface area contributed by atoms with Crippen molar-refractivity contribution in [3.8, 4) is 0 Å². The Morgan fingerprint density at radius 2 is 2.04 bits per heavy atom. The van der Waals surface area contributed by atoms with Crippen molar-refractivity contribution in [2.75, 3.05) is 6.54 Å². The summed E-state index contributed by atoms with van der Waals surface area (Å²) in [5, 5.41) is 2.96. The fourth-order valence-corrected chi connectivity index (χ4v) is 3.97. The van der Waals surface area contributed by atoms with Gasteiger partial charge >= 0.3 is 0 Å². The minimum Gasteiger partial charge on any atom is -0.454 e. The Morgan fingerprint density at radius 3 is 2.78 bits per heavy atom. The van der Waals surface area contributed by atoms with Gasteiger partial charge in [-0.2, -0.15) is 0 Å².